The molecule has 148 valence electrons. The maximum absolute atomic E-state index is 12.9. The van der Waals surface area contributed by atoms with Crippen molar-refractivity contribution in [2.24, 2.45) is 0 Å². The van der Waals surface area contributed by atoms with Gasteiger partial charge in [0, 0.05) is 12.6 Å². The average Bonchev–Trinajstić information content (AvgIpc) is 3.01. The van der Waals surface area contributed by atoms with E-state index in [0.717, 1.165) is 25.2 Å². The first-order valence-corrected chi connectivity index (χ1v) is 8.93. The van der Waals surface area contributed by atoms with E-state index in [1.165, 1.54) is 23.0 Å². The molecule has 0 radical (unpaired) electrons. The number of likely N-dealkylation sites (N-methyl/N-ethyl adjacent to an activating group) is 1. The Labute approximate surface area is 157 Å². The van der Waals surface area contributed by atoms with E-state index >= 15 is 0 Å². The van der Waals surface area contributed by atoms with Crippen LogP contribution in [0.3, 0.4) is 0 Å². The number of carbonyl (C=O) groups excluding carboxylic acids is 1. The molecule has 1 amide bonds. The van der Waals surface area contributed by atoms with Crippen molar-refractivity contribution in [1.29, 1.82) is 0 Å². The van der Waals surface area contributed by atoms with Crippen LogP contribution in [0.5, 0.6) is 0 Å². The van der Waals surface area contributed by atoms with Gasteiger partial charge in [-0.15, -0.1) is 0 Å². The maximum Gasteiger partial charge on any atom is 0.416 e. The van der Waals surface area contributed by atoms with E-state index in [2.05, 4.69) is 29.2 Å². The minimum Gasteiger partial charge on any atom is -0.350 e. The lowest BCUT2D eigenvalue weighted by Crippen LogP contribution is -2.42. The SMILES string of the molecule is CCN(CC)C(C)CNC(=O)c1cnn(-c2cccc(C(F)(F)F)c2)c1C. The molecule has 0 aliphatic carbocycles. The van der Waals surface area contributed by atoms with Gasteiger partial charge in [0.1, 0.15) is 0 Å². The molecule has 1 heterocycles. The number of carbonyl (C=O) groups is 1. The summed E-state index contributed by atoms with van der Waals surface area (Å²) in [5, 5.41) is 6.98. The minimum atomic E-state index is -4.43. The highest BCUT2D eigenvalue weighted by Gasteiger charge is 2.30. The van der Waals surface area contributed by atoms with E-state index in [9.17, 15) is 18.0 Å². The largest absolute Gasteiger partial charge is 0.416 e. The molecule has 0 aliphatic rings. The van der Waals surface area contributed by atoms with Gasteiger partial charge in [0.05, 0.1) is 28.7 Å². The molecule has 2 rings (SSSR count). The summed E-state index contributed by atoms with van der Waals surface area (Å²) >= 11 is 0. The van der Waals surface area contributed by atoms with Crippen molar-refractivity contribution in [3.05, 3.63) is 47.3 Å². The number of rotatable bonds is 7. The quantitative estimate of drug-likeness (QED) is 0.795. The topological polar surface area (TPSA) is 50.2 Å². The van der Waals surface area contributed by atoms with Crippen molar-refractivity contribution in [3.63, 3.8) is 0 Å². The molecule has 0 spiro atoms. The smallest absolute Gasteiger partial charge is 0.350 e. The molecule has 2 aromatic rings. The molecular weight excluding hydrogens is 357 g/mol. The molecule has 0 fully saturated rings. The zero-order valence-corrected chi connectivity index (χ0v) is 16.0. The highest BCUT2D eigenvalue weighted by Crippen LogP contribution is 2.30. The molecule has 0 aliphatic heterocycles. The molecule has 1 N–H and O–H groups in total. The van der Waals surface area contributed by atoms with Gasteiger partial charge >= 0.3 is 6.18 Å². The van der Waals surface area contributed by atoms with Crippen LogP contribution < -0.4 is 5.32 Å². The molecule has 0 saturated carbocycles. The van der Waals surface area contributed by atoms with E-state index in [1.54, 1.807) is 6.92 Å². The van der Waals surface area contributed by atoms with Crippen LogP contribution in [-0.2, 0) is 6.18 Å². The number of nitrogens with one attached hydrogen (secondary N) is 1. The van der Waals surface area contributed by atoms with Gasteiger partial charge in [-0.05, 0) is 45.1 Å². The zero-order chi connectivity index (χ0) is 20.2. The Bertz CT molecular complexity index is 782. The fourth-order valence-corrected chi connectivity index (χ4v) is 3.02. The Balaban J connectivity index is 2.16. The third-order valence-electron chi connectivity index (χ3n) is 4.67. The second kappa shape index (κ2) is 8.56. The van der Waals surface area contributed by atoms with Crippen LogP contribution in [0.1, 0.15) is 42.4 Å². The number of nitrogens with zero attached hydrogens (tertiary/aromatic N) is 3. The van der Waals surface area contributed by atoms with E-state index in [1.807, 2.05) is 6.92 Å². The van der Waals surface area contributed by atoms with Gasteiger partial charge in [-0.3, -0.25) is 9.69 Å². The first-order chi connectivity index (χ1) is 12.7. The molecule has 1 aromatic heterocycles. The number of aromatic nitrogens is 2. The van der Waals surface area contributed by atoms with E-state index < -0.39 is 11.7 Å². The molecule has 8 heteroatoms. The standard InChI is InChI=1S/C19H25F3N4O/c1-5-25(6-2)13(3)11-23-18(27)17-12-24-26(14(17)4)16-9-7-8-15(10-16)19(20,21)22/h7-10,12-13H,5-6,11H2,1-4H3,(H,23,27). The van der Waals surface area contributed by atoms with Crippen molar-refractivity contribution >= 4 is 5.91 Å². The van der Waals surface area contributed by atoms with Crippen molar-refractivity contribution in [3.8, 4) is 5.69 Å². The lowest BCUT2D eigenvalue weighted by atomic mass is 10.2. The summed E-state index contributed by atoms with van der Waals surface area (Å²) in [5.74, 6) is -0.287. The summed E-state index contributed by atoms with van der Waals surface area (Å²) in [6.07, 6.45) is -3.05. The summed E-state index contributed by atoms with van der Waals surface area (Å²) in [7, 11) is 0. The van der Waals surface area contributed by atoms with Crippen LogP contribution in [0.15, 0.2) is 30.5 Å². The van der Waals surface area contributed by atoms with Crippen LogP contribution in [-0.4, -0.2) is 46.3 Å². The molecule has 27 heavy (non-hydrogen) atoms. The van der Waals surface area contributed by atoms with Crippen LogP contribution in [0.25, 0.3) is 5.69 Å². The molecule has 0 saturated heterocycles. The van der Waals surface area contributed by atoms with Crippen molar-refractivity contribution in [2.45, 2.75) is 39.9 Å². The van der Waals surface area contributed by atoms with Crippen molar-refractivity contribution in [2.75, 3.05) is 19.6 Å². The number of benzene rings is 1. The number of amides is 1. The van der Waals surface area contributed by atoms with E-state index in [0.29, 0.717) is 17.8 Å². The third kappa shape index (κ3) is 4.88. The van der Waals surface area contributed by atoms with Gasteiger partial charge in [0.2, 0.25) is 0 Å². The number of hydrogen-bond acceptors (Lipinski definition) is 3. The zero-order valence-electron chi connectivity index (χ0n) is 16.0. The molecule has 5 nitrogen and oxygen atoms in total. The monoisotopic (exact) mass is 382 g/mol. The Morgan fingerprint density at radius 1 is 1.30 bits per heavy atom. The minimum absolute atomic E-state index is 0.183. The van der Waals surface area contributed by atoms with Crippen molar-refractivity contribution < 1.29 is 18.0 Å². The normalized spacial score (nSPS) is 13.0. The van der Waals surface area contributed by atoms with Crippen LogP contribution >= 0.6 is 0 Å². The second-order valence-corrected chi connectivity index (χ2v) is 6.38. The fourth-order valence-electron chi connectivity index (χ4n) is 3.02. The summed E-state index contributed by atoms with van der Waals surface area (Å²) < 4.78 is 40.1. The molecule has 1 unspecified atom stereocenters. The average molecular weight is 382 g/mol. The van der Waals surface area contributed by atoms with Gasteiger partial charge in [-0.1, -0.05) is 19.9 Å². The summed E-state index contributed by atoms with van der Waals surface area (Å²) in [5.41, 5.74) is 0.341. The number of halogens is 3. The highest BCUT2D eigenvalue weighted by molar-refractivity contribution is 5.95. The van der Waals surface area contributed by atoms with Crippen molar-refractivity contribution in [1.82, 2.24) is 20.0 Å². The van der Waals surface area contributed by atoms with E-state index in [-0.39, 0.29) is 17.6 Å². The Morgan fingerprint density at radius 2 is 1.96 bits per heavy atom. The van der Waals surface area contributed by atoms with E-state index in [4.69, 9.17) is 0 Å². The van der Waals surface area contributed by atoms with Gasteiger partial charge in [-0.2, -0.15) is 18.3 Å². The highest BCUT2D eigenvalue weighted by atomic mass is 19.4. The van der Waals surface area contributed by atoms with Gasteiger partial charge in [-0.25, -0.2) is 4.68 Å². The Kier molecular flexibility index (Phi) is 6.64. The summed E-state index contributed by atoms with van der Waals surface area (Å²) in [6, 6.07) is 5.06. The van der Waals surface area contributed by atoms with Crippen LogP contribution in [0.4, 0.5) is 13.2 Å². The number of alkyl halides is 3. The van der Waals surface area contributed by atoms with Crippen LogP contribution in [0, 0.1) is 6.92 Å². The third-order valence-corrected chi connectivity index (χ3v) is 4.67. The Hall–Kier alpha value is -2.35. The predicted octanol–water partition coefficient (Wildman–Crippen LogP) is 3.66. The summed E-state index contributed by atoms with van der Waals surface area (Å²) in [4.78, 5) is 14.7. The van der Waals surface area contributed by atoms with Gasteiger partial charge in [0.25, 0.3) is 5.91 Å². The van der Waals surface area contributed by atoms with Crippen LogP contribution in [0.2, 0.25) is 0 Å². The fraction of sp³-hybridized carbons (Fsp3) is 0.474. The summed E-state index contributed by atoms with van der Waals surface area (Å²) in [6.45, 7) is 10.1. The lowest BCUT2D eigenvalue weighted by Gasteiger charge is -2.26. The lowest BCUT2D eigenvalue weighted by molar-refractivity contribution is -0.137. The molecular formula is C19H25F3N4O. The molecule has 1 atom stereocenters. The first kappa shape index (κ1) is 21.0. The first-order valence-electron chi connectivity index (χ1n) is 8.93. The second-order valence-electron chi connectivity index (χ2n) is 6.38. The Morgan fingerprint density at radius 3 is 2.56 bits per heavy atom. The predicted molar refractivity (Wildman–Crippen MR) is 98.0 cm³/mol. The van der Waals surface area contributed by atoms with Gasteiger partial charge < -0.3 is 5.32 Å². The number of hydrogen-bond donors (Lipinski definition) is 1. The maximum atomic E-state index is 12.9. The molecule has 1 aromatic carbocycles. The molecule has 0 bridgehead atoms. The van der Waals surface area contributed by atoms with Gasteiger partial charge in [0.15, 0.2) is 0 Å².